The summed E-state index contributed by atoms with van der Waals surface area (Å²) in [4.78, 5) is 37.6. The highest BCUT2D eigenvalue weighted by atomic mass is 32.2. The zero-order valence-corrected chi connectivity index (χ0v) is 14.8. The molecule has 0 saturated carbocycles. The summed E-state index contributed by atoms with van der Waals surface area (Å²) in [5.41, 5.74) is 0.321. The molecule has 2 aromatic carbocycles. The Morgan fingerprint density at radius 3 is 2.59 bits per heavy atom. The molecule has 0 spiro atoms. The summed E-state index contributed by atoms with van der Waals surface area (Å²) in [5.74, 6) is -1.69. The van der Waals surface area contributed by atoms with E-state index in [1.165, 1.54) is 36.4 Å². The Balaban J connectivity index is 1.62. The Morgan fingerprint density at radius 2 is 1.85 bits per heavy atom. The Labute approximate surface area is 158 Å². The number of amides is 3. The van der Waals surface area contributed by atoms with Crippen molar-refractivity contribution in [2.24, 2.45) is 0 Å². The number of aromatic hydroxyl groups is 1. The SMILES string of the molecule is O=C(NCCN1C(=O)S/C(=C\c2ccccc2F)C1=O)c1ccccc1O. The summed E-state index contributed by atoms with van der Waals surface area (Å²) in [7, 11) is 0. The Kier molecular flexibility index (Phi) is 5.56. The van der Waals surface area contributed by atoms with Crippen LogP contribution in [-0.4, -0.2) is 40.1 Å². The van der Waals surface area contributed by atoms with Crippen molar-refractivity contribution in [3.8, 4) is 5.75 Å². The van der Waals surface area contributed by atoms with Crippen LogP contribution in [-0.2, 0) is 4.79 Å². The first-order chi connectivity index (χ1) is 13.0. The lowest BCUT2D eigenvalue weighted by Gasteiger charge is -2.13. The van der Waals surface area contributed by atoms with Crippen molar-refractivity contribution in [1.29, 1.82) is 0 Å². The highest BCUT2D eigenvalue weighted by Gasteiger charge is 2.34. The van der Waals surface area contributed by atoms with Crippen LogP contribution in [0.5, 0.6) is 5.75 Å². The first-order valence-corrected chi connectivity index (χ1v) is 8.85. The van der Waals surface area contributed by atoms with Gasteiger partial charge in [0.05, 0.1) is 10.5 Å². The van der Waals surface area contributed by atoms with Gasteiger partial charge in [0.1, 0.15) is 11.6 Å². The molecule has 0 bridgehead atoms. The minimum Gasteiger partial charge on any atom is -0.507 e. The molecule has 1 aliphatic heterocycles. The number of hydrogen-bond donors (Lipinski definition) is 2. The Bertz CT molecular complexity index is 945. The molecule has 138 valence electrons. The van der Waals surface area contributed by atoms with Gasteiger partial charge in [0.15, 0.2) is 0 Å². The molecule has 6 nitrogen and oxygen atoms in total. The molecule has 0 aromatic heterocycles. The van der Waals surface area contributed by atoms with Crippen LogP contribution in [0.4, 0.5) is 9.18 Å². The molecule has 27 heavy (non-hydrogen) atoms. The first-order valence-electron chi connectivity index (χ1n) is 8.03. The summed E-state index contributed by atoms with van der Waals surface area (Å²) in [5, 5.41) is 11.7. The maximum Gasteiger partial charge on any atom is 0.293 e. The van der Waals surface area contributed by atoms with Crippen molar-refractivity contribution in [2.75, 3.05) is 13.1 Å². The maximum atomic E-state index is 13.7. The number of benzene rings is 2. The second-order valence-electron chi connectivity index (χ2n) is 5.63. The molecule has 3 amide bonds. The molecule has 0 aliphatic carbocycles. The van der Waals surface area contributed by atoms with E-state index in [2.05, 4.69) is 5.32 Å². The van der Waals surface area contributed by atoms with Gasteiger partial charge in [-0.15, -0.1) is 0 Å². The van der Waals surface area contributed by atoms with E-state index in [0.717, 1.165) is 16.7 Å². The molecular formula is C19H15FN2O4S. The van der Waals surface area contributed by atoms with Gasteiger partial charge in [-0.05, 0) is 36.0 Å². The molecule has 1 fully saturated rings. The van der Waals surface area contributed by atoms with Gasteiger partial charge < -0.3 is 10.4 Å². The van der Waals surface area contributed by atoms with Crippen molar-refractivity contribution in [3.05, 3.63) is 70.4 Å². The number of nitrogens with zero attached hydrogens (tertiary/aromatic N) is 1. The van der Waals surface area contributed by atoms with Gasteiger partial charge in [-0.2, -0.15) is 0 Å². The highest BCUT2D eigenvalue weighted by Crippen LogP contribution is 2.32. The highest BCUT2D eigenvalue weighted by molar-refractivity contribution is 8.18. The quantitative estimate of drug-likeness (QED) is 0.772. The minimum absolute atomic E-state index is 0.0260. The van der Waals surface area contributed by atoms with Crippen LogP contribution in [0.3, 0.4) is 0 Å². The van der Waals surface area contributed by atoms with Crippen LogP contribution < -0.4 is 5.32 Å². The number of carbonyl (C=O) groups is 3. The molecule has 2 aromatic rings. The average Bonchev–Trinajstić information content (AvgIpc) is 2.91. The number of thioether (sulfide) groups is 1. The van der Waals surface area contributed by atoms with Crippen LogP contribution >= 0.6 is 11.8 Å². The van der Waals surface area contributed by atoms with Crippen LogP contribution in [0.2, 0.25) is 0 Å². The third-order valence-electron chi connectivity index (χ3n) is 3.84. The number of imide groups is 1. The standard InChI is InChI=1S/C19H15FN2O4S/c20-14-7-3-1-5-12(14)11-16-18(25)22(19(26)27-16)10-9-21-17(24)13-6-2-4-8-15(13)23/h1-8,11,23H,9-10H2,(H,21,24)/b16-11-. The predicted molar refractivity (Wildman–Crippen MR) is 99.5 cm³/mol. The van der Waals surface area contributed by atoms with E-state index < -0.39 is 22.9 Å². The van der Waals surface area contributed by atoms with Crippen LogP contribution in [0.1, 0.15) is 15.9 Å². The summed E-state index contributed by atoms with van der Waals surface area (Å²) >= 11 is 0.722. The smallest absolute Gasteiger partial charge is 0.293 e. The maximum absolute atomic E-state index is 13.7. The minimum atomic E-state index is -0.537. The number of phenols is 1. The lowest BCUT2D eigenvalue weighted by Crippen LogP contribution is -2.37. The molecule has 1 heterocycles. The van der Waals surface area contributed by atoms with Crippen molar-refractivity contribution < 1.29 is 23.9 Å². The van der Waals surface area contributed by atoms with Gasteiger partial charge in [0.2, 0.25) is 0 Å². The summed E-state index contributed by atoms with van der Waals surface area (Å²) in [6.45, 7) is -0.00317. The van der Waals surface area contributed by atoms with Gasteiger partial charge in [-0.1, -0.05) is 30.3 Å². The van der Waals surface area contributed by atoms with Gasteiger partial charge in [0.25, 0.3) is 17.1 Å². The summed E-state index contributed by atoms with van der Waals surface area (Å²) in [6.07, 6.45) is 1.33. The molecule has 1 saturated heterocycles. The molecule has 0 atom stereocenters. The lowest BCUT2D eigenvalue weighted by atomic mass is 10.2. The number of rotatable bonds is 5. The normalized spacial score (nSPS) is 15.4. The number of carbonyl (C=O) groups excluding carboxylic acids is 3. The predicted octanol–water partition coefficient (Wildman–Crippen LogP) is 3.00. The summed E-state index contributed by atoms with van der Waals surface area (Å²) < 4.78 is 13.7. The van der Waals surface area contributed by atoms with Crippen LogP contribution in [0.25, 0.3) is 6.08 Å². The Morgan fingerprint density at radius 1 is 1.15 bits per heavy atom. The van der Waals surface area contributed by atoms with Gasteiger partial charge in [-0.3, -0.25) is 19.3 Å². The number of para-hydroxylation sites is 1. The van der Waals surface area contributed by atoms with Gasteiger partial charge in [-0.25, -0.2) is 4.39 Å². The lowest BCUT2D eigenvalue weighted by molar-refractivity contribution is -0.122. The van der Waals surface area contributed by atoms with E-state index in [0.29, 0.717) is 0 Å². The average molecular weight is 386 g/mol. The topological polar surface area (TPSA) is 86.7 Å². The second kappa shape index (κ2) is 8.05. The third-order valence-corrected chi connectivity index (χ3v) is 4.74. The molecule has 0 unspecified atom stereocenters. The van der Waals surface area contributed by atoms with Gasteiger partial charge in [0, 0.05) is 18.7 Å². The van der Waals surface area contributed by atoms with E-state index >= 15 is 0 Å². The zero-order chi connectivity index (χ0) is 19.4. The largest absolute Gasteiger partial charge is 0.507 e. The molecule has 3 rings (SSSR count). The monoisotopic (exact) mass is 386 g/mol. The van der Waals surface area contributed by atoms with E-state index in [1.54, 1.807) is 18.2 Å². The van der Waals surface area contributed by atoms with E-state index in [1.807, 2.05) is 0 Å². The van der Waals surface area contributed by atoms with E-state index in [-0.39, 0.29) is 34.9 Å². The van der Waals surface area contributed by atoms with Crippen LogP contribution in [0, 0.1) is 5.82 Å². The van der Waals surface area contributed by atoms with E-state index in [9.17, 15) is 23.9 Å². The number of hydrogen-bond acceptors (Lipinski definition) is 5. The zero-order valence-electron chi connectivity index (χ0n) is 14.0. The number of halogens is 1. The Hall–Kier alpha value is -3.13. The fourth-order valence-electron chi connectivity index (χ4n) is 2.47. The fraction of sp³-hybridized carbons (Fsp3) is 0.105. The third kappa shape index (κ3) is 4.17. The fourth-order valence-corrected chi connectivity index (χ4v) is 3.32. The molecular weight excluding hydrogens is 371 g/mol. The van der Waals surface area contributed by atoms with Crippen molar-refractivity contribution in [2.45, 2.75) is 0 Å². The number of phenolic OH excluding ortho intramolecular Hbond substituents is 1. The molecule has 0 radical (unpaired) electrons. The van der Waals surface area contributed by atoms with Crippen molar-refractivity contribution in [1.82, 2.24) is 10.2 Å². The summed E-state index contributed by atoms with van der Waals surface area (Å²) in [6, 6.07) is 12.0. The van der Waals surface area contributed by atoms with Crippen molar-refractivity contribution >= 4 is 34.9 Å². The second-order valence-corrected chi connectivity index (χ2v) is 6.62. The molecule has 8 heteroatoms. The van der Waals surface area contributed by atoms with E-state index in [4.69, 9.17) is 0 Å². The molecule has 1 aliphatic rings. The van der Waals surface area contributed by atoms with Crippen molar-refractivity contribution in [3.63, 3.8) is 0 Å². The van der Waals surface area contributed by atoms with Gasteiger partial charge >= 0.3 is 0 Å². The molecule has 2 N–H and O–H groups in total. The first kappa shape index (κ1) is 18.7. The van der Waals surface area contributed by atoms with Crippen LogP contribution in [0.15, 0.2) is 53.4 Å². The number of nitrogens with one attached hydrogen (secondary N) is 1.